The van der Waals surface area contributed by atoms with E-state index >= 15 is 0 Å². The van der Waals surface area contributed by atoms with E-state index in [9.17, 15) is 9.18 Å². The van der Waals surface area contributed by atoms with E-state index in [4.69, 9.17) is 21.4 Å². The Morgan fingerprint density at radius 3 is 2.52 bits per heavy atom. The van der Waals surface area contributed by atoms with Crippen molar-refractivity contribution in [2.24, 2.45) is 0 Å². The highest BCUT2D eigenvalue weighted by Crippen LogP contribution is 2.27. The van der Waals surface area contributed by atoms with E-state index in [-0.39, 0.29) is 5.02 Å². The molecule has 0 spiro atoms. The number of rotatable bonds is 4. The predicted octanol–water partition coefficient (Wildman–Crippen LogP) is 4.68. The molecule has 0 aliphatic rings. The molecule has 0 atom stereocenters. The van der Waals surface area contributed by atoms with E-state index in [0.29, 0.717) is 11.5 Å². The van der Waals surface area contributed by atoms with Gasteiger partial charge in [-0.05, 0) is 48.4 Å². The fraction of sp³-hybridized carbons (Fsp3) is 0.0625. The van der Waals surface area contributed by atoms with Gasteiger partial charge >= 0.3 is 5.97 Å². The Balaban J connectivity index is 2.20. The number of carbonyl (C=O) groups is 1. The molecule has 1 N–H and O–H groups in total. The molecule has 3 nitrogen and oxygen atoms in total. The number of carboxylic acid groups (broad SMARTS) is 1. The number of aryl methyl sites for hydroxylation is 1. The van der Waals surface area contributed by atoms with E-state index in [1.165, 1.54) is 24.3 Å². The van der Waals surface area contributed by atoms with Gasteiger partial charge in [0, 0.05) is 12.1 Å². The summed E-state index contributed by atoms with van der Waals surface area (Å²) in [7, 11) is 0. The van der Waals surface area contributed by atoms with Crippen molar-refractivity contribution in [2.75, 3.05) is 0 Å². The fourth-order valence-corrected chi connectivity index (χ4v) is 1.91. The van der Waals surface area contributed by atoms with Crippen molar-refractivity contribution in [3.05, 3.63) is 64.4 Å². The van der Waals surface area contributed by atoms with Crippen LogP contribution in [0.4, 0.5) is 4.39 Å². The summed E-state index contributed by atoms with van der Waals surface area (Å²) in [5, 5.41) is 8.60. The lowest BCUT2D eigenvalue weighted by Crippen LogP contribution is -1.89. The summed E-state index contributed by atoms with van der Waals surface area (Å²) < 4.78 is 18.6. The highest BCUT2D eigenvalue weighted by atomic mass is 35.5. The second-order valence-corrected chi connectivity index (χ2v) is 4.78. The van der Waals surface area contributed by atoms with Gasteiger partial charge in [0.25, 0.3) is 0 Å². The van der Waals surface area contributed by atoms with Crippen LogP contribution in [0.15, 0.2) is 42.5 Å². The van der Waals surface area contributed by atoms with Gasteiger partial charge in [0.05, 0.1) is 5.02 Å². The van der Waals surface area contributed by atoms with Crippen molar-refractivity contribution in [2.45, 2.75) is 6.92 Å². The minimum atomic E-state index is -1.00. The molecule has 0 saturated carbocycles. The minimum Gasteiger partial charge on any atom is -0.478 e. The zero-order valence-electron chi connectivity index (χ0n) is 11.1. The van der Waals surface area contributed by atoms with Gasteiger partial charge in [-0.25, -0.2) is 9.18 Å². The Bertz CT molecular complexity index is 711. The molecule has 108 valence electrons. The molecule has 0 fully saturated rings. The molecule has 0 aliphatic heterocycles. The van der Waals surface area contributed by atoms with Gasteiger partial charge < -0.3 is 9.84 Å². The molecule has 0 unspecified atom stereocenters. The summed E-state index contributed by atoms with van der Waals surface area (Å²) >= 11 is 5.69. The van der Waals surface area contributed by atoms with Crippen molar-refractivity contribution >= 4 is 23.6 Å². The topological polar surface area (TPSA) is 46.5 Å². The maximum atomic E-state index is 13.1. The normalized spacial score (nSPS) is 10.8. The first-order valence-electron chi connectivity index (χ1n) is 6.10. The van der Waals surface area contributed by atoms with Crippen LogP contribution < -0.4 is 4.74 Å². The molecule has 0 saturated heterocycles. The summed E-state index contributed by atoms with van der Waals surface area (Å²) in [6.45, 7) is 1.84. The van der Waals surface area contributed by atoms with Crippen molar-refractivity contribution in [3.8, 4) is 11.5 Å². The molecule has 21 heavy (non-hydrogen) atoms. The molecule has 0 radical (unpaired) electrons. The molecule has 0 heterocycles. The number of halogens is 2. The Labute approximate surface area is 126 Å². The Hall–Kier alpha value is -2.33. The third-order valence-corrected chi connectivity index (χ3v) is 3.06. The van der Waals surface area contributed by atoms with Crippen LogP contribution in [0.3, 0.4) is 0 Å². The van der Waals surface area contributed by atoms with Gasteiger partial charge in [-0.3, -0.25) is 0 Å². The molecule has 2 aromatic rings. The second-order valence-electron chi connectivity index (χ2n) is 4.37. The van der Waals surface area contributed by atoms with Gasteiger partial charge in [0.15, 0.2) is 0 Å². The first kappa shape index (κ1) is 15.1. The molecule has 0 aromatic heterocycles. The number of hydrogen-bond donors (Lipinski definition) is 1. The van der Waals surface area contributed by atoms with Gasteiger partial charge in [-0.2, -0.15) is 0 Å². The Kier molecular flexibility index (Phi) is 4.60. The smallest absolute Gasteiger partial charge is 0.328 e. The number of ether oxygens (including phenoxy) is 1. The molecule has 2 aromatic carbocycles. The van der Waals surface area contributed by atoms with E-state index in [1.54, 1.807) is 18.2 Å². The number of benzene rings is 2. The van der Waals surface area contributed by atoms with Crippen LogP contribution >= 0.6 is 11.6 Å². The Morgan fingerprint density at radius 1 is 1.24 bits per heavy atom. The van der Waals surface area contributed by atoms with Crippen molar-refractivity contribution in [1.82, 2.24) is 0 Å². The maximum absolute atomic E-state index is 13.1. The third-order valence-electron chi connectivity index (χ3n) is 2.77. The molecule has 0 bridgehead atoms. The molecule has 2 rings (SSSR count). The average Bonchev–Trinajstić information content (AvgIpc) is 2.42. The first-order valence-corrected chi connectivity index (χ1v) is 6.48. The average molecular weight is 307 g/mol. The van der Waals surface area contributed by atoms with Crippen LogP contribution in [0.1, 0.15) is 11.1 Å². The lowest BCUT2D eigenvalue weighted by molar-refractivity contribution is -0.131. The monoisotopic (exact) mass is 306 g/mol. The van der Waals surface area contributed by atoms with Crippen molar-refractivity contribution in [3.63, 3.8) is 0 Å². The summed E-state index contributed by atoms with van der Waals surface area (Å²) in [5.41, 5.74) is 1.64. The Morgan fingerprint density at radius 2 is 1.90 bits per heavy atom. The highest BCUT2D eigenvalue weighted by molar-refractivity contribution is 6.30. The molecular weight excluding hydrogens is 295 g/mol. The lowest BCUT2D eigenvalue weighted by Gasteiger charge is -2.08. The van der Waals surface area contributed by atoms with Gasteiger partial charge in [-0.15, -0.1) is 0 Å². The number of aliphatic carboxylic acids is 1. The second kappa shape index (κ2) is 6.41. The minimum absolute atomic E-state index is 0.00904. The summed E-state index contributed by atoms with van der Waals surface area (Å²) in [6, 6.07) is 9.31. The predicted molar refractivity (Wildman–Crippen MR) is 79.3 cm³/mol. The lowest BCUT2D eigenvalue weighted by atomic mass is 10.1. The van der Waals surface area contributed by atoms with E-state index in [1.807, 2.05) is 6.92 Å². The van der Waals surface area contributed by atoms with Crippen LogP contribution in [0.5, 0.6) is 11.5 Å². The van der Waals surface area contributed by atoms with Crippen LogP contribution in [-0.2, 0) is 4.79 Å². The third kappa shape index (κ3) is 4.07. The molecule has 5 heteroatoms. The first-order chi connectivity index (χ1) is 9.95. The summed E-state index contributed by atoms with van der Waals surface area (Å²) in [5.74, 6) is -0.526. The van der Waals surface area contributed by atoms with E-state index in [0.717, 1.165) is 17.2 Å². The maximum Gasteiger partial charge on any atom is 0.328 e. The summed E-state index contributed by atoms with van der Waals surface area (Å²) in [4.78, 5) is 10.5. The van der Waals surface area contributed by atoms with Crippen LogP contribution in [0.2, 0.25) is 5.02 Å². The zero-order chi connectivity index (χ0) is 15.4. The van der Waals surface area contributed by atoms with Crippen LogP contribution in [0.25, 0.3) is 6.08 Å². The number of hydrogen-bond acceptors (Lipinski definition) is 2. The zero-order valence-corrected chi connectivity index (χ0v) is 11.9. The molecule has 0 aliphatic carbocycles. The van der Waals surface area contributed by atoms with Crippen LogP contribution in [0, 0.1) is 12.7 Å². The van der Waals surface area contributed by atoms with Gasteiger partial charge in [-0.1, -0.05) is 17.7 Å². The quantitative estimate of drug-likeness (QED) is 0.834. The van der Waals surface area contributed by atoms with E-state index < -0.39 is 11.8 Å². The van der Waals surface area contributed by atoms with Gasteiger partial charge in [0.2, 0.25) is 0 Å². The molecular formula is C16H12ClFO3. The van der Waals surface area contributed by atoms with Crippen LogP contribution in [-0.4, -0.2) is 11.1 Å². The fourth-order valence-electron chi connectivity index (χ4n) is 1.74. The molecule has 0 amide bonds. The van der Waals surface area contributed by atoms with Crippen molar-refractivity contribution < 1.29 is 19.0 Å². The highest BCUT2D eigenvalue weighted by Gasteiger charge is 2.04. The largest absolute Gasteiger partial charge is 0.478 e. The SMILES string of the molecule is Cc1cc(Oc2ccc(F)c(Cl)c2)ccc1C=CC(=O)O. The standard InChI is InChI=1S/C16H12ClFO3/c1-10-8-12(4-2-11(10)3-7-16(19)20)21-13-5-6-15(18)14(17)9-13/h2-9H,1H3,(H,19,20). The van der Waals surface area contributed by atoms with Crippen molar-refractivity contribution in [1.29, 1.82) is 0 Å². The number of carboxylic acids is 1. The van der Waals surface area contributed by atoms with Gasteiger partial charge in [0.1, 0.15) is 17.3 Å². The van der Waals surface area contributed by atoms with E-state index in [2.05, 4.69) is 0 Å². The summed E-state index contributed by atoms with van der Waals surface area (Å²) in [6.07, 6.45) is 2.58.